The number of aromatic nitrogens is 5. The third kappa shape index (κ3) is 4.72. The fraction of sp³-hybridized carbons (Fsp3) is 0.368. The number of methoxy groups -OCH3 is 1. The summed E-state index contributed by atoms with van der Waals surface area (Å²) in [7, 11) is 1.59. The van der Waals surface area contributed by atoms with Gasteiger partial charge in [-0.2, -0.15) is 11.8 Å². The largest absolute Gasteiger partial charge is 0.495 e. The van der Waals surface area contributed by atoms with Crippen LogP contribution in [-0.4, -0.2) is 44.3 Å². The molecule has 0 bridgehead atoms. The fourth-order valence-electron chi connectivity index (χ4n) is 2.79. The summed E-state index contributed by atoms with van der Waals surface area (Å²) in [6, 6.07) is 3.63. The number of H-pyrrole nitrogens is 2. The van der Waals surface area contributed by atoms with E-state index < -0.39 is 0 Å². The van der Waals surface area contributed by atoms with Crippen LogP contribution in [0.2, 0.25) is 0 Å². The zero-order chi connectivity index (χ0) is 19.9. The summed E-state index contributed by atoms with van der Waals surface area (Å²) >= 11 is 1.77. The van der Waals surface area contributed by atoms with Gasteiger partial charge in [0.25, 0.3) is 5.56 Å². The molecule has 3 aromatic rings. The average molecular weight is 401 g/mol. The number of pyridine rings is 1. The van der Waals surface area contributed by atoms with Gasteiger partial charge >= 0.3 is 0 Å². The van der Waals surface area contributed by atoms with Gasteiger partial charge in [0, 0.05) is 47.6 Å². The Morgan fingerprint density at radius 2 is 2.18 bits per heavy atom. The van der Waals surface area contributed by atoms with Crippen LogP contribution in [0.3, 0.4) is 0 Å². The highest BCUT2D eigenvalue weighted by Gasteiger charge is 2.18. The number of nitrogens with zero attached hydrogens (tertiary/aromatic N) is 3. The number of ether oxygens (including phenoxy) is 1. The van der Waals surface area contributed by atoms with Crippen LogP contribution in [0.25, 0.3) is 0 Å². The number of hydrogen-bond acceptors (Lipinski definition) is 7. The first-order chi connectivity index (χ1) is 13.6. The molecule has 0 amide bonds. The van der Waals surface area contributed by atoms with Crippen LogP contribution in [0.4, 0.5) is 5.95 Å². The van der Waals surface area contributed by atoms with Crippen LogP contribution in [0.15, 0.2) is 35.6 Å². The van der Waals surface area contributed by atoms with Gasteiger partial charge in [-0.05, 0) is 19.1 Å². The van der Waals surface area contributed by atoms with Crippen LogP contribution in [-0.2, 0) is 5.75 Å². The number of imidazole rings is 1. The quantitative estimate of drug-likeness (QED) is 0.474. The highest BCUT2D eigenvalue weighted by molar-refractivity contribution is 7.98. The van der Waals surface area contributed by atoms with E-state index >= 15 is 0 Å². The van der Waals surface area contributed by atoms with Crippen molar-refractivity contribution in [1.29, 1.82) is 0 Å². The van der Waals surface area contributed by atoms with Gasteiger partial charge in [-0.25, -0.2) is 9.97 Å². The van der Waals surface area contributed by atoms with Crippen LogP contribution in [0.5, 0.6) is 5.75 Å². The number of nitrogens with one attached hydrogen (secondary N) is 3. The van der Waals surface area contributed by atoms with E-state index in [-0.39, 0.29) is 11.5 Å². The van der Waals surface area contributed by atoms with E-state index in [0.717, 1.165) is 22.9 Å². The fourth-order valence-corrected chi connectivity index (χ4v) is 3.67. The Hall–Kier alpha value is -2.81. The van der Waals surface area contributed by atoms with E-state index in [0.29, 0.717) is 29.5 Å². The number of aromatic amines is 2. The first-order valence-corrected chi connectivity index (χ1v) is 10.1. The Bertz CT molecular complexity index is 971. The lowest BCUT2D eigenvalue weighted by molar-refractivity contribution is 0.405. The van der Waals surface area contributed by atoms with Crippen molar-refractivity contribution in [3.05, 3.63) is 63.9 Å². The van der Waals surface area contributed by atoms with Crippen molar-refractivity contribution < 1.29 is 4.74 Å². The molecular weight excluding hydrogens is 376 g/mol. The third-order valence-corrected chi connectivity index (χ3v) is 5.41. The molecule has 9 heteroatoms. The van der Waals surface area contributed by atoms with E-state index in [9.17, 15) is 4.79 Å². The van der Waals surface area contributed by atoms with Crippen LogP contribution < -0.4 is 15.6 Å². The van der Waals surface area contributed by atoms with Gasteiger partial charge in [-0.1, -0.05) is 6.92 Å². The van der Waals surface area contributed by atoms with Gasteiger partial charge < -0.3 is 15.0 Å². The molecule has 0 spiro atoms. The maximum absolute atomic E-state index is 12.5. The summed E-state index contributed by atoms with van der Waals surface area (Å²) in [5.41, 5.74) is 3.24. The Morgan fingerprint density at radius 1 is 1.32 bits per heavy atom. The van der Waals surface area contributed by atoms with E-state index in [1.165, 1.54) is 0 Å². The maximum atomic E-state index is 12.5. The lowest BCUT2D eigenvalue weighted by Crippen LogP contribution is -2.20. The van der Waals surface area contributed by atoms with Crippen molar-refractivity contribution >= 4 is 17.7 Å². The van der Waals surface area contributed by atoms with Gasteiger partial charge in [-0.3, -0.25) is 14.8 Å². The Balaban J connectivity index is 1.56. The first kappa shape index (κ1) is 19.9. The smallest absolute Gasteiger partial charge is 0.256 e. The second kappa shape index (κ2) is 9.41. The molecule has 0 aliphatic heterocycles. The molecule has 0 saturated carbocycles. The summed E-state index contributed by atoms with van der Waals surface area (Å²) in [6.07, 6.45) is 5.00. The van der Waals surface area contributed by atoms with Crippen molar-refractivity contribution in [3.63, 3.8) is 0 Å². The maximum Gasteiger partial charge on any atom is 0.256 e. The number of anilines is 1. The monoisotopic (exact) mass is 400 g/mol. The molecule has 8 nitrogen and oxygen atoms in total. The normalized spacial score (nSPS) is 12.0. The topological polar surface area (TPSA) is 109 Å². The number of rotatable bonds is 9. The molecule has 3 rings (SSSR count). The standard InChI is InChI=1S/C19H24N6O2S/c1-12(17-16(27-3)5-4-6-20-17)14-9-22-19(25-18(14)26)21-7-8-28-10-15-13(2)23-11-24-15/h4-6,9,11-12H,7-8,10H2,1-3H3,(H,23,24)(H2,21,22,25,26). The second-order valence-corrected chi connectivity index (χ2v) is 7.39. The van der Waals surface area contributed by atoms with Crippen molar-refractivity contribution in [1.82, 2.24) is 24.9 Å². The Labute approximate surface area is 167 Å². The second-order valence-electron chi connectivity index (χ2n) is 6.28. The van der Waals surface area contributed by atoms with Crippen molar-refractivity contribution in [2.45, 2.75) is 25.5 Å². The van der Waals surface area contributed by atoms with Gasteiger partial charge in [0.1, 0.15) is 5.75 Å². The minimum absolute atomic E-state index is 0.183. The molecule has 1 atom stereocenters. The molecule has 0 radical (unpaired) electrons. The first-order valence-electron chi connectivity index (χ1n) is 8.98. The summed E-state index contributed by atoms with van der Waals surface area (Å²) in [5.74, 6) is 2.61. The predicted octanol–water partition coefficient (Wildman–Crippen LogP) is 2.70. The molecule has 3 N–H and O–H groups in total. The molecule has 3 aromatic heterocycles. The molecule has 3 heterocycles. The molecule has 148 valence electrons. The van der Waals surface area contributed by atoms with Crippen molar-refractivity contribution in [2.24, 2.45) is 0 Å². The summed E-state index contributed by atoms with van der Waals surface area (Å²) in [5, 5.41) is 3.15. The minimum Gasteiger partial charge on any atom is -0.495 e. The minimum atomic E-state index is -0.228. The van der Waals surface area contributed by atoms with Gasteiger partial charge in [0.15, 0.2) is 0 Å². The molecule has 28 heavy (non-hydrogen) atoms. The van der Waals surface area contributed by atoms with E-state index in [2.05, 4.69) is 30.2 Å². The highest BCUT2D eigenvalue weighted by Crippen LogP contribution is 2.27. The van der Waals surface area contributed by atoms with Gasteiger partial charge in [0.05, 0.1) is 24.8 Å². The zero-order valence-electron chi connectivity index (χ0n) is 16.2. The number of aryl methyl sites for hydroxylation is 1. The molecule has 0 aliphatic rings. The molecule has 0 aromatic carbocycles. The van der Waals surface area contributed by atoms with Gasteiger partial charge in [-0.15, -0.1) is 0 Å². The lowest BCUT2D eigenvalue weighted by Gasteiger charge is -2.14. The predicted molar refractivity (Wildman–Crippen MR) is 111 cm³/mol. The van der Waals surface area contributed by atoms with Crippen molar-refractivity contribution in [3.8, 4) is 5.75 Å². The highest BCUT2D eigenvalue weighted by atomic mass is 32.2. The van der Waals surface area contributed by atoms with E-state index in [4.69, 9.17) is 4.74 Å². The third-order valence-electron chi connectivity index (χ3n) is 4.44. The molecule has 1 unspecified atom stereocenters. The SMILES string of the molecule is COc1cccnc1C(C)c1cnc(NCCSCc2nc[nH]c2C)[nH]c1=O. The van der Waals surface area contributed by atoms with Crippen LogP contribution in [0, 0.1) is 6.92 Å². The molecular formula is C19H24N6O2S. The summed E-state index contributed by atoms with van der Waals surface area (Å²) < 4.78 is 5.35. The molecule has 0 fully saturated rings. The van der Waals surface area contributed by atoms with Crippen LogP contribution >= 0.6 is 11.8 Å². The number of thioether (sulfide) groups is 1. The molecule has 0 saturated heterocycles. The average Bonchev–Trinajstić information content (AvgIpc) is 3.12. The van der Waals surface area contributed by atoms with E-state index in [1.54, 1.807) is 43.7 Å². The van der Waals surface area contributed by atoms with Crippen LogP contribution in [0.1, 0.15) is 35.5 Å². The summed E-state index contributed by atoms with van der Waals surface area (Å²) in [6.45, 7) is 4.62. The van der Waals surface area contributed by atoms with E-state index in [1.807, 2.05) is 19.9 Å². The van der Waals surface area contributed by atoms with Gasteiger partial charge in [0.2, 0.25) is 5.95 Å². The zero-order valence-corrected chi connectivity index (χ0v) is 17.0. The Kier molecular flexibility index (Phi) is 6.70. The Morgan fingerprint density at radius 3 is 2.89 bits per heavy atom. The summed E-state index contributed by atoms with van der Waals surface area (Å²) in [4.78, 5) is 31.4. The van der Waals surface area contributed by atoms with Crippen molar-refractivity contribution in [2.75, 3.05) is 24.7 Å². The molecule has 0 aliphatic carbocycles. The number of hydrogen-bond donors (Lipinski definition) is 3. The lowest BCUT2D eigenvalue weighted by atomic mass is 9.99.